The van der Waals surface area contributed by atoms with Gasteiger partial charge in [-0.1, -0.05) is 12.1 Å². The molecule has 0 aliphatic heterocycles. The molecule has 2 aromatic rings. The van der Waals surface area contributed by atoms with Crippen LogP contribution in [0, 0.1) is 10.5 Å². The minimum atomic E-state index is -3.72. The van der Waals surface area contributed by atoms with Gasteiger partial charge in [-0.15, -0.1) is 0 Å². The highest BCUT2D eigenvalue weighted by atomic mass is 127. The first-order valence-corrected chi connectivity index (χ1v) is 7.98. The van der Waals surface area contributed by atoms with Crippen LogP contribution < -0.4 is 4.72 Å². The number of nitrogens with one attached hydrogen (secondary N) is 1. The van der Waals surface area contributed by atoms with Crippen LogP contribution in [-0.4, -0.2) is 13.5 Å². The Bertz CT molecular complexity index is 694. The van der Waals surface area contributed by atoms with Gasteiger partial charge in [0.15, 0.2) is 0 Å². The van der Waals surface area contributed by atoms with E-state index in [0.717, 1.165) is 3.57 Å². The van der Waals surface area contributed by atoms with E-state index in [1.807, 2.05) is 6.07 Å². The van der Waals surface area contributed by atoms with Crippen molar-refractivity contribution in [1.82, 2.24) is 0 Å². The van der Waals surface area contributed by atoms with Gasteiger partial charge in [0.1, 0.15) is 23.0 Å². The zero-order valence-electron chi connectivity index (χ0n) is 10.1. The van der Waals surface area contributed by atoms with Crippen molar-refractivity contribution in [1.29, 1.82) is 0 Å². The van der Waals surface area contributed by atoms with E-state index < -0.39 is 10.0 Å². The summed E-state index contributed by atoms with van der Waals surface area (Å²) in [6.07, 6.45) is 0. The maximum atomic E-state index is 12.2. The standard InChI is InChI=1S/C12H12INO4S/c1-8-12(6-9(7-15)18-8)19(16,17)14-11-5-3-2-4-10(11)13/h2-6,14-15H,7H2,1H3. The SMILES string of the molecule is Cc1oc(CO)cc1S(=O)(=O)Nc1ccccc1I. The Morgan fingerprint density at radius 3 is 2.63 bits per heavy atom. The monoisotopic (exact) mass is 393 g/mol. The third kappa shape index (κ3) is 3.10. The van der Waals surface area contributed by atoms with Gasteiger partial charge in [-0.3, -0.25) is 4.72 Å². The van der Waals surface area contributed by atoms with Gasteiger partial charge < -0.3 is 9.52 Å². The summed E-state index contributed by atoms with van der Waals surface area (Å²) in [4.78, 5) is 0.0382. The Hall–Kier alpha value is -1.06. The van der Waals surface area contributed by atoms with Crippen LogP contribution in [0.3, 0.4) is 0 Å². The van der Waals surface area contributed by atoms with Gasteiger partial charge in [0.25, 0.3) is 10.0 Å². The molecule has 0 aliphatic carbocycles. The summed E-state index contributed by atoms with van der Waals surface area (Å²) in [5.41, 5.74) is 0.509. The summed E-state index contributed by atoms with van der Waals surface area (Å²) in [6, 6.07) is 8.39. The second kappa shape index (κ2) is 5.51. The maximum absolute atomic E-state index is 12.2. The first-order valence-electron chi connectivity index (χ1n) is 5.41. The van der Waals surface area contributed by atoms with E-state index in [9.17, 15) is 8.42 Å². The number of anilines is 1. The Morgan fingerprint density at radius 2 is 2.05 bits per heavy atom. The van der Waals surface area contributed by atoms with Gasteiger partial charge in [0.2, 0.25) is 0 Å². The summed E-state index contributed by atoms with van der Waals surface area (Å²) >= 11 is 2.05. The molecular formula is C12H12INO4S. The van der Waals surface area contributed by atoms with E-state index in [1.165, 1.54) is 6.07 Å². The van der Waals surface area contributed by atoms with Crippen LogP contribution in [0.25, 0.3) is 0 Å². The predicted octanol–water partition coefficient (Wildman–Crippen LogP) is 2.49. The lowest BCUT2D eigenvalue weighted by atomic mass is 10.3. The molecule has 2 rings (SSSR count). The van der Waals surface area contributed by atoms with Crippen LogP contribution in [0.1, 0.15) is 11.5 Å². The summed E-state index contributed by atoms with van der Waals surface area (Å²) in [5, 5.41) is 8.96. The lowest BCUT2D eigenvalue weighted by Gasteiger charge is -2.08. The maximum Gasteiger partial charge on any atom is 0.265 e. The predicted molar refractivity (Wildman–Crippen MR) is 79.3 cm³/mol. The number of halogens is 1. The van der Waals surface area contributed by atoms with Crippen LogP contribution in [-0.2, 0) is 16.6 Å². The van der Waals surface area contributed by atoms with Crippen LogP contribution >= 0.6 is 22.6 Å². The number of para-hydroxylation sites is 1. The zero-order valence-corrected chi connectivity index (χ0v) is 13.0. The molecule has 1 aromatic carbocycles. The fraction of sp³-hybridized carbons (Fsp3) is 0.167. The van der Waals surface area contributed by atoms with Crippen molar-refractivity contribution in [3.63, 3.8) is 0 Å². The number of benzene rings is 1. The zero-order chi connectivity index (χ0) is 14.0. The van der Waals surface area contributed by atoms with Crippen molar-refractivity contribution in [2.24, 2.45) is 0 Å². The smallest absolute Gasteiger partial charge is 0.265 e. The van der Waals surface area contributed by atoms with Gasteiger partial charge in [-0.25, -0.2) is 8.42 Å². The largest absolute Gasteiger partial charge is 0.462 e. The highest BCUT2D eigenvalue weighted by molar-refractivity contribution is 14.1. The van der Waals surface area contributed by atoms with Crippen molar-refractivity contribution in [2.45, 2.75) is 18.4 Å². The number of aryl methyl sites for hydroxylation is 1. The fourth-order valence-corrected chi connectivity index (χ4v) is 3.60. The molecule has 0 bridgehead atoms. The van der Waals surface area contributed by atoms with E-state index >= 15 is 0 Å². The van der Waals surface area contributed by atoms with E-state index in [1.54, 1.807) is 25.1 Å². The molecule has 7 heteroatoms. The summed E-state index contributed by atoms with van der Waals surface area (Å²) in [5.74, 6) is 0.475. The number of sulfonamides is 1. The van der Waals surface area contributed by atoms with Gasteiger partial charge >= 0.3 is 0 Å². The topological polar surface area (TPSA) is 79.5 Å². The Morgan fingerprint density at radius 1 is 1.37 bits per heavy atom. The molecule has 1 aromatic heterocycles. The van der Waals surface area contributed by atoms with Crippen LogP contribution in [0.5, 0.6) is 0 Å². The van der Waals surface area contributed by atoms with E-state index in [0.29, 0.717) is 5.69 Å². The second-order valence-electron chi connectivity index (χ2n) is 3.88. The van der Waals surface area contributed by atoms with Gasteiger partial charge in [0.05, 0.1) is 5.69 Å². The van der Waals surface area contributed by atoms with Crippen LogP contribution in [0.15, 0.2) is 39.6 Å². The van der Waals surface area contributed by atoms with Crippen molar-refractivity contribution >= 4 is 38.3 Å². The molecule has 0 saturated heterocycles. The van der Waals surface area contributed by atoms with Gasteiger partial charge in [-0.2, -0.15) is 0 Å². The first-order chi connectivity index (χ1) is 8.94. The van der Waals surface area contributed by atoms with Crippen molar-refractivity contribution in [2.75, 3.05) is 4.72 Å². The molecule has 2 N–H and O–H groups in total. The Kier molecular flexibility index (Phi) is 4.16. The first kappa shape index (κ1) is 14.4. The lowest BCUT2D eigenvalue weighted by Crippen LogP contribution is -2.14. The molecule has 19 heavy (non-hydrogen) atoms. The molecule has 0 spiro atoms. The minimum Gasteiger partial charge on any atom is -0.462 e. The quantitative estimate of drug-likeness (QED) is 0.783. The lowest BCUT2D eigenvalue weighted by molar-refractivity contribution is 0.245. The summed E-state index contributed by atoms with van der Waals surface area (Å²) in [6.45, 7) is 1.21. The number of hydrogen-bond acceptors (Lipinski definition) is 4. The summed E-state index contributed by atoms with van der Waals surface area (Å²) in [7, 11) is -3.72. The van der Waals surface area contributed by atoms with Crippen molar-refractivity contribution < 1.29 is 17.9 Å². The van der Waals surface area contributed by atoms with Gasteiger partial charge in [0, 0.05) is 9.64 Å². The third-order valence-electron chi connectivity index (χ3n) is 2.49. The number of aliphatic hydroxyl groups is 1. The number of hydrogen-bond donors (Lipinski definition) is 2. The molecule has 0 radical (unpaired) electrons. The third-order valence-corrected chi connectivity index (χ3v) is 4.90. The molecule has 0 unspecified atom stereocenters. The molecule has 1 heterocycles. The van der Waals surface area contributed by atoms with Crippen LogP contribution in [0.4, 0.5) is 5.69 Å². The normalized spacial score (nSPS) is 11.5. The van der Waals surface area contributed by atoms with E-state index in [4.69, 9.17) is 9.52 Å². The average molecular weight is 393 g/mol. The Labute approximate surface area is 124 Å². The molecule has 102 valence electrons. The average Bonchev–Trinajstić information content (AvgIpc) is 2.74. The second-order valence-corrected chi connectivity index (χ2v) is 6.69. The highest BCUT2D eigenvalue weighted by Crippen LogP contribution is 2.25. The summed E-state index contributed by atoms with van der Waals surface area (Å²) < 4.78 is 32.9. The highest BCUT2D eigenvalue weighted by Gasteiger charge is 2.22. The van der Waals surface area contributed by atoms with E-state index in [2.05, 4.69) is 27.3 Å². The molecule has 0 atom stereocenters. The minimum absolute atomic E-state index is 0.0382. The fourth-order valence-electron chi connectivity index (χ4n) is 1.61. The molecule has 0 fully saturated rings. The van der Waals surface area contributed by atoms with Crippen molar-refractivity contribution in [3.05, 3.63) is 45.4 Å². The van der Waals surface area contributed by atoms with Gasteiger partial charge in [-0.05, 0) is 41.6 Å². The molecule has 0 amide bonds. The molecule has 0 saturated carbocycles. The van der Waals surface area contributed by atoms with Crippen molar-refractivity contribution in [3.8, 4) is 0 Å². The van der Waals surface area contributed by atoms with E-state index in [-0.39, 0.29) is 23.0 Å². The molecule has 0 aliphatic rings. The number of aliphatic hydroxyl groups excluding tert-OH is 1. The van der Waals surface area contributed by atoms with Crippen LogP contribution in [0.2, 0.25) is 0 Å². The number of furan rings is 1. The molecular weight excluding hydrogens is 381 g/mol. The number of rotatable bonds is 4. The Balaban J connectivity index is 2.38. The molecule has 5 nitrogen and oxygen atoms in total.